The zero-order valence-electron chi connectivity index (χ0n) is 13.3. The number of carbonyl (C=O) groups excluding carboxylic acids is 1. The number of hydrogen-bond donors (Lipinski definition) is 0. The van der Waals surface area contributed by atoms with Crippen LogP contribution in [0.25, 0.3) is 6.08 Å². The lowest BCUT2D eigenvalue weighted by molar-refractivity contribution is -0.127. The third-order valence-corrected chi connectivity index (χ3v) is 4.10. The zero-order chi connectivity index (χ0) is 16.1. The van der Waals surface area contributed by atoms with Gasteiger partial charge in [-0.25, -0.2) is 0 Å². The van der Waals surface area contributed by atoms with Crippen LogP contribution in [0.4, 0.5) is 0 Å². The van der Waals surface area contributed by atoms with Gasteiger partial charge >= 0.3 is 0 Å². The van der Waals surface area contributed by atoms with E-state index >= 15 is 0 Å². The molecule has 1 aromatic carbocycles. The second-order valence-electron chi connectivity index (χ2n) is 5.77. The first-order valence-electron chi connectivity index (χ1n) is 8.10. The lowest BCUT2D eigenvalue weighted by Gasteiger charge is -2.30. The van der Waals surface area contributed by atoms with E-state index in [1.165, 1.54) is 0 Å². The van der Waals surface area contributed by atoms with Gasteiger partial charge in [-0.3, -0.25) is 4.79 Å². The van der Waals surface area contributed by atoms with E-state index in [2.05, 4.69) is 10.1 Å². The van der Waals surface area contributed by atoms with E-state index in [4.69, 9.17) is 4.52 Å². The summed E-state index contributed by atoms with van der Waals surface area (Å²) < 4.78 is 5.19. The van der Waals surface area contributed by atoms with Crippen LogP contribution in [-0.4, -0.2) is 34.0 Å². The zero-order valence-corrected chi connectivity index (χ0v) is 13.3. The Morgan fingerprint density at radius 1 is 1.39 bits per heavy atom. The molecule has 5 nitrogen and oxygen atoms in total. The molecule has 120 valence electrons. The molecule has 23 heavy (non-hydrogen) atoms. The molecule has 0 spiro atoms. The van der Waals surface area contributed by atoms with Gasteiger partial charge in [0.1, 0.15) is 0 Å². The van der Waals surface area contributed by atoms with Crippen molar-refractivity contribution in [1.29, 1.82) is 0 Å². The van der Waals surface area contributed by atoms with Crippen LogP contribution in [0.15, 0.2) is 40.9 Å². The summed E-state index contributed by atoms with van der Waals surface area (Å²) in [7, 11) is 0. The minimum atomic E-state index is 0.0396. The molecule has 0 unspecified atom stereocenters. The quantitative estimate of drug-likeness (QED) is 0.814. The summed E-state index contributed by atoms with van der Waals surface area (Å²) in [6.07, 6.45) is 6.20. The number of amides is 1. The average molecular weight is 311 g/mol. The maximum Gasteiger partial charge on any atom is 0.246 e. The van der Waals surface area contributed by atoms with Gasteiger partial charge in [0.05, 0.1) is 0 Å². The third-order valence-electron chi connectivity index (χ3n) is 4.10. The number of rotatable bonds is 4. The topological polar surface area (TPSA) is 59.2 Å². The van der Waals surface area contributed by atoms with Crippen LogP contribution in [0.5, 0.6) is 0 Å². The molecule has 1 aliphatic heterocycles. The van der Waals surface area contributed by atoms with E-state index in [9.17, 15) is 4.79 Å². The first kappa shape index (κ1) is 15.5. The highest BCUT2D eigenvalue weighted by Crippen LogP contribution is 2.25. The maximum absolute atomic E-state index is 12.4. The Morgan fingerprint density at radius 3 is 2.96 bits per heavy atom. The molecule has 1 amide bonds. The van der Waals surface area contributed by atoms with Crippen LogP contribution in [0, 0.1) is 0 Å². The normalized spacial score (nSPS) is 18.5. The molecule has 3 rings (SSSR count). The first-order chi connectivity index (χ1) is 11.3. The highest BCUT2D eigenvalue weighted by molar-refractivity contribution is 5.91. The number of carbonyl (C=O) groups is 1. The summed E-state index contributed by atoms with van der Waals surface area (Å²) in [5, 5.41) is 4.06. The minimum Gasteiger partial charge on any atom is -0.339 e. The Labute approximate surface area is 136 Å². The summed E-state index contributed by atoms with van der Waals surface area (Å²) in [6, 6.07) is 9.85. The number of aromatic nitrogens is 2. The Morgan fingerprint density at radius 2 is 2.22 bits per heavy atom. The molecule has 2 aromatic rings. The van der Waals surface area contributed by atoms with Crippen LogP contribution in [0.1, 0.15) is 43.0 Å². The molecule has 1 aliphatic rings. The molecule has 0 saturated carbocycles. The summed E-state index contributed by atoms with van der Waals surface area (Å²) >= 11 is 0. The first-order valence-corrected chi connectivity index (χ1v) is 8.10. The minimum absolute atomic E-state index is 0.0396. The van der Waals surface area contributed by atoms with E-state index in [0.717, 1.165) is 37.2 Å². The van der Waals surface area contributed by atoms with Crippen molar-refractivity contribution in [2.75, 3.05) is 13.1 Å². The molecule has 5 heteroatoms. The lowest BCUT2D eigenvalue weighted by Crippen LogP contribution is -2.38. The fraction of sp³-hybridized carbons (Fsp3) is 0.389. The number of piperidine rings is 1. The third kappa shape index (κ3) is 3.86. The van der Waals surface area contributed by atoms with Crippen molar-refractivity contribution in [3.05, 3.63) is 53.7 Å². The molecule has 1 saturated heterocycles. The molecule has 1 atom stereocenters. The summed E-state index contributed by atoms with van der Waals surface area (Å²) in [4.78, 5) is 18.7. The van der Waals surface area contributed by atoms with Gasteiger partial charge in [-0.1, -0.05) is 42.4 Å². The largest absolute Gasteiger partial charge is 0.339 e. The van der Waals surface area contributed by atoms with Crippen molar-refractivity contribution in [3.63, 3.8) is 0 Å². The molecule has 0 N–H and O–H groups in total. The molecule has 1 aromatic heterocycles. The molecule has 0 aliphatic carbocycles. The van der Waals surface area contributed by atoms with Gasteiger partial charge in [-0.05, 0) is 24.5 Å². The summed E-state index contributed by atoms with van der Waals surface area (Å²) in [6.45, 7) is 3.43. The maximum atomic E-state index is 12.4. The van der Waals surface area contributed by atoms with Crippen LogP contribution in [0.2, 0.25) is 0 Å². The van der Waals surface area contributed by atoms with E-state index in [-0.39, 0.29) is 11.8 Å². The van der Waals surface area contributed by atoms with Gasteiger partial charge in [0.15, 0.2) is 5.82 Å². The second kappa shape index (κ2) is 7.22. The highest BCUT2D eigenvalue weighted by Gasteiger charge is 2.26. The number of likely N-dealkylation sites (tertiary alicyclic amines) is 1. The van der Waals surface area contributed by atoms with E-state index in [0.29, 0.717) is 12.4 Å². The van der Waals surface area contributed by atoms with Gasteiger partial charge in [0.2, 0.25) is 11.8 Å². The van der Waals surface area contributed by atoms with Crippen molar-refractivity contribution >= 4 is 12.0 Å². The standard InChI is InChI=1S/C18H21N3O2/c1-2-16-19-18(20-23-16)15-9-6-12-21(13-15)17(22)11-10-14-7-4-3-5-8-14/h3-5,7-8,10-11,15H,2,6,9,12-13H2,1H3/b11-10-/t15-/m0/s1. The molecule has 0 bridgehead atoms. The van der Waals surface area contributed by atoms with Crippen molar-refractivity contribution < 1.29 is 9.32 Å². The number of nitrogens with zero attached hydrogens (tertiary/aromatic N) is 3. The van der Waals surface area contributed by atoms with Crippen LogP contribution < -0.4 is 0 Å². The van der Waals surface area contributed by atoms with Crippen molar-refractivity contribution in [2.24, 2.45) is 0 Å². The van der Waals surface area contributed by atoms with Crippen molar-refractivity contribution in [1.82, 2.24) is 15.0 Å². The Kier molecular flexibility index (Phi) is 4.86. The lowest BCUT2D eigenvalue weighted by atomic mass is 9.97. The number of aryl methyl sites for hydroxylation is 1. The second-order valence-corrected chi connectivity index (χ2v) is 5.77. The Hall–Kier alpha value is -2.43. The van der Waals surface area contributed by atoms with Crippen LogP contribution >= 0.6 is 0 Å². The van der Waals surface area contributed by atoms with Crippen molar-refractivity contribution in [3.8, 4) is 0 Å². The van der Waals surface area contributed by atoms with Crippen LogP contribution in [0.3, 0.4) is 0 Å². The van der Waals surface area contributed by atoms with E-state index in [1.807, 2.05) is 48.2 Å². The Bertz CT molecular complexity index is 679. The SMILES string of the molecule is CCc1nc([C@H]2CCCN(C(=O)/C=C\c3ccccc3)C2)no1. The van der Waals surface area contributed by atoms with Gasteiger partial charge in [0.25, 0.3) is 0 Å². The van der Waals surface area contributed by atoms with Crippen LogP contribution in [-0.2, 0) is 11.2 Å². The highest BCUT2D eigenvalue weighted by atomic mass is 16.5. The number of hydrogen-bond acceptors (Lipinski definition) is 4. The summed E-state index contributed by atoms with van der Waals surface area (Å²) in [5.41, 5.74) is 1.03. The predicted octanol–water partition coefficient (Wildman–Crippen LogP) is 3.05. The van der Waals surface area contributed by atoms with Crippen molar-refractivity contribution in [2.45, 2.75) is 32.1 Å². The molecular weight excluding hydrogens is 290 g/mol. The van der Waals surface area contributed by atoms with Gasteiger partial charge in [0, 0.05) is 31.5 Å². The molecule has 0 radical (unpaired) electrons. The van der Waals surface area contributed by atoms with Gasteiger partial charge in [-0.2, -0.15) is 4.98 Å². The average Bonchev–Trinajstić information content (AvgIpc) is 3.10. The Balaban J connectivity index is 1.63. The summed E-state index contributed by atoms with van der Waals surface area (Å²) in [5.74, 6) is 1.60. The smallest absolute Gasteiger partial charge is 0.246 e. The fourth-order valence-corrected chi connectivity index (χ4v) is 2.80. The monoisotopic (exact) mass is 311 g/mol. The molecule has 1 fully saturated rings. The molecule has 2 heterocycles. The van der Waals surface area contributed by atoms with Gasteiger partial charge < -0.3 is 9.42 Å². The molecular formula is C18H21N3O2. The van der Waals surface area contributed by atoms with Gasteiger partial charge in [-0.15, -0.1) is 0 Å². The fourth-order valence-electron chi connectivity index (χ4n) is 2.80. The predicted molar refractivity (Wildman–Crippen MR) is 87.7 cm³/mol. The van der Waals surface area contributed by atoms with E-state index < -0.39 is 0 Å². The van der Waals surface area contributed by atoms with E-state index in [1.54, 1.807) is 6.08 Å². The number of benzene rings is 1.